The van der Waals surface area contributed by atoms with Gasteiger partial charge in [-0.3, -0.25) is 0 Å². The topological polar surface area (TPSA) is 0 Å². The van der Waals surface area contributed by atoms with E-state index in [2.05, 4.69) is 41.5 Å². The van der Waals surface area contributed by atoms with Gasteiger partial charge in [0, 0.05) is 0 Å². The number of rotatable bonds is 2. The van der Waals surface area contributed by atoms with Gasteiger partial charge in [-0.05, 0) is 0 Å². The smallest absolute Gasteiger partial charge is 0.323 e. The first kappa shape index (κ1) is 17.7. The minimum absolute atomic E-state index is 0. The van der Waals surface area contributed by atoms with Gasteiger partial charge in [-0.2, -0.15) is 41.0 Å². The molecule has 0 aliphatic carbocycles. The molecule has 0 bridgehead atoms. The zero-order valence-corrected chi connectivity index (χ0v) is 10.5. The molecular weight excluding hydrogens is 144 g/mol. The van der Waals surface area contributed by atoms with E-state index < -0.39 is 0 Å². The summed E-state index contributed by atoms with van der Waals surface area (Å²) in [5.74, 6) is 2.96. The van der Waals surface area contributed by atoms with Gasteiger partial charge in [0.1, 0.15) is 0 Å². The first-order valence-electron chi connectivity index (χ1n) is 4.06. The second-order valence-corrected chi connectivity index (χ2v) is 3.46. The predicted octanol–water partition coefficient (Wildman–Crippen LogP) is 3.64. The Labute approximate surface area is 89.3 Å². The SMILES string of the molecule is CCC[C-](C)C.C[C-](C)C.[Mg+2]. The van der Waals surface area contributed by atoms with Crippen molar-refractivity contribution in [3.8, 4) is 0 Å². The van der Waals surface area contributed by atoms with Crippen LogP contribution in [0.1, 0.15) is 54.4 Å². The van der Waals surface area contributed by atoms with Crippen LogP contribution in [0.3, 0.4) is 0 Å². The van der Waals surface area contributed by atoms with E-state index in [4.69, 9.17) is 0 Å². The van der Waals surface area contributed by atoms with E-state index in [1.165, 1.54) is 24.7 Å². The maximum atomic E-state index is 2.20. The molecule has 0 aromatic heterocycles. The standard InChI is InChI=1S/C6H13.C4H9.Mg/c1-4-5-6(2)3;1-4(2)3;/h4-5H2,1-3H3;1-3H3;/q2*-1;+2. The van der Waals surface area contributed by atoms with Gasteiger partial charge in [0.2, 0.25) is 0 Å². The summed E-state index contributed by atoms with van der Waals surface area (Å²) in [6.07, 6.45) is 2.59. The molecule has 64 valence electrons. The molecule has 0 N–H and O–H groups in total. The van der Waals surface area contributed by atoms with Gasteiger partial charge in [-0.15, -0.1) is 0 Å². The van der Waals surface area contributed by atoms with Crippen LogP contribution in [-0.4, -0.2) is 23.1 Å². The molecule has 0 heterocycles. The van der Waals surface area contributed by atoms with Crippen molar-refractivity contribution >= 4 is 23.1 Å². The Morgan fingerprint density at radius 3 is 1.18 bits per heavy atom. The molecule has 0 unspecified atom stereocenters. The molecule has 0 radical (unpaired) electrons. The maximum absolute atomic E-state index is 2.20. The molecular formula is C10H22Mg. The van der Waals surface area contributed by atoms with Gasteiger partial charge in [-0.25, -0.2) is 0 Å². The summed E-state index contributed by atoms with van der Waals surface area (Å²) in [6.45, 7) is 12.8. The van der Waals surface area contributed by atoms with E-state index in [1.54, 1.807) is 0 Å². The molecule has 0 aliphatic heterocycles. The molecule has 0 aromatic rings. The van der Waals surface area contributed by atoms with Crippen LogP contribution in [0.4, 0.5) is 0 Å². The fourth-order valence-corrected chi connectivity index (χ4v) is 0.500. The quantitative estimate of drug-likeness (QED) is 0.434. The van der Waals surface area contributed by atoms with Crippen LogP contribution < -0.4 is 0 Å². The van der Waals surface area contributed by atoms with Gasteiger partial charge in [0.05, 0.1) is 0 Å². The minimum Gasteiger partial charge on any atom is -0.323 e. The molecule has 0 aromatic carbocycles. The summed E-state index contributed by atoms with van der Waals surface area (Å²) >= 11 is 0. The molecule has 0 rings (SSSR count). The Hall–Kier alpha value is 0.766. The second kappa shape index (κ2) is 13.4. The monoisotopic (exact) mass is 166 g/mol. The van der Waals surface area contributed by atoms with Crippen LogP contribution in [-0.2, 0) is 0 Å². The number of hydrogen-bond acceptors (Lipinski definition) is 0. The maximum Gasteiger partial charge on any atom is 2.00 e. The summed E-state index contributed by atoms with van der Waals surface area (Å²) in [4.78, 5) is 0. The summed E-state index contributed by atoms with van der Waals surface area (Å²) in [5.41, 5.74) is 0. The van der Waals surface area contributed by atoms with Crippen molar-refractivity contribution in [2.24, 2.45) is 0 Å². The van der Waals surface area contributed by atoms with Crippen LogP contribution in [0.25, 0.3) is 0 Å². The van der Waals surface area contributed by atoms with Gasteiger partial charge >= 0.3 is 23.1 Å². The van der Waals surface area contributed by atoms with Crippen LogP contribution in [0.15, 0.2) is 0 Å². The molecule has 0 saturated heterocycles. The Morgan fingerprint density at radius 1 is 0.909 bits per heavy atom. The number of hydrogen-bond donors (Lipinski definition) is 0. The van der Waals surface area contributed by atoms with Crippen molar-refractivity contribution < 1.29 is 0 Å². The van der Waals surface area contributed by atoms with Crippen molar-refractivity contribution in [2.75, 3.05) is 0 Å². The van der Waals surface area contributed by atoms with Crippen molar-refractivity contribution in [2.45, 2.75) is 54.4 Å². The molecule has 11 heavy (non-hydrogen) atoms. The summed E-state index contributed by atoms with van der Waals surface area (Å²) in [6, 6.07) is 0. The average molecular weight is 167 g/mol. The van der Waals surface area contributed by atoms with Gasteiger partial charge in [-0.1, -0.05) is 13.3 Å². The molecule has 0 fully saturated rings. The molecule has 0 atom stereocenters. The van der Waals surface area contributed by atoms with Crippen molar-refractivity contribution in [3.05, 3.63) is 11.8 Å². The van der Waals surface area contributed by atoms with Crippen molar-refractivity contribution in [3.63, 3.8) is 0 Å². The largest absolute Gasteiger partial charge is 2.00 e. The Kier molecular flexibility index (Phi) is 21.6. The second-order valence-electron chi connectivity index (χ2n) is 3.46. The van der Waals surface area contributed by atoms with Crippen LogP contribution in [0.5, 0.6) is 0 Å². The normalized spacial score (nSPS) is 8.73. The van der Waals surface area contributed by atoms with Crippen LogP contribution in [0, 0.1) is 11.8 Å². The zero-order chi connectivity index (χ0) is 8.57. The van der Waals surface area contributed by atoms with Gasteiger partial charge in [0.15, 0.2) is 0 Å². The van der Waals surface area contributed by atoms with E-state index in [0.717, 1.165) is 0 Å². The Bertz CT molecular complexity index is 46.1. The van der Waals surface area contributed by atoms with E-state index >= 15 is 0 Å². The third-order valence-corrected chi connectivity index (χ3v) is 0.750. The molecule has 0 spiro atoms. The summed E-state index contributed by atoms with van der Waals surface area (Å²) < 4.78 is 0. The third kappa shape index (κ3) is 58.3. The molecule has 0 aliphatic rings. The van der Waals surface area contributed by atoms with E-state index in [0.29, 0.717) is 0 Å². The molecule has 0 amide bonds. The van der Waals surface area contributed by atoms with E-state index in [-0.39, 0.29) is 23.1 Å². The zero-order valence-electron chi connectivity index (χ0n) is 9.12. The van der Waals surface area contributed by atoms with E-state index in [1.807, 2.05) is 0 Å². The average Bonchev–Trinajstić information content (AvgIpc) is 1.62. The first-order valence-corrected chi connectivity index (χ1v) is 4.06. The van der Waals surface area contributed by atoms with Gasteiger partial charge in [0.25, 0.3) is 0 Å². The van der Waals surface area contributed by atoms with Crippen molar-refractivity contribution in [1.82, 2.24) is 0 Å². The van der Waals surface area contributed by atoms with Crippen molar-refractivity contribution in [1.29, 1.82) is 0 Å². The Morgan fingerprint density at radius 2 is 1.18 bits per heavy atom. The van der Waals surface area contributed by atoms with E-state index in [9.17, 15) is 0 Å². The predicted molar refractivity (Wildman–Crippen MR) is 55.5 cm³/mol. The van der Waals surface area contributed by atoms with Crippen LogP contribution >= 0.6 is 0 Å². The first-order chi connectivity index (χ1) is 4.50. The fourth-order valence-electron chi connectivity index (χ4n) is 0.500. The third-order valence-electron chi connectivity index (χ3n) is 0.750. The fraction of sp³-hybridized carbons (Fsp3) is 0.800. The molecule has 0 saturated carbocycles. The summed E-state index contributed by atoms with van der Waals surface area (Å²) in [5, 5.41) is 0. The van der Waals surface area contributed by atoms with Gasteiger partial charge < -0.3 is 11.8 Å². The minimum atomic E-state index is 0. The van der Waals surface area contributed by atoms with Crippen LogP contribution in [0.2, 0.25) is 0 Å². The molecule has 1 heteroatoms. The molecule has 0 nitrogen and oxygen atoms in total. The summed E-state index contributed by atoms with van der Waals surface area (Å²) in [7, 11) is 0. The Balaban J connectivity index is -0.000000114.